The molecule has 20 heavy (non-hydrogen) atoms. The van der Waals surface area contributed by atoms with Crippen molar-refractivity contribution >= 4 is 11.6 Å². The molecule has 0 radical (unpaired) electrons. The van der Waals surface area contributed by atoms with Crippen molar-refractivity contribution in [3.8, 4) is 0 Å². The fraction of sp³-hybridized carbons (Fsp3) is 0.733. The van der Waals surface area contributed by atoms with Gasteiger partial charge in [-0.1, -0.05) is 13.8 Å². The molecule has 0 saturated heterocycles. The Bertz CT molecular complexity index is 409. The average Bonchev–Trinajstić information content (AvgIpc) is 2.45. The Morgan fingerprint density at radius 3 is 2.30 bits per heavy atom. The van der Waals surface area contributed by atoms with Crippen molar-refractivity contribution in [3.05, 3.63) is 11.4 Å². The van der Waals surface area contributed by atoms with E-state index < -0.39 is 0 Å². The first-order valence-electron chi connectivity index (χ1n) is 7.59. The highest BCUT2D eigenvalue weighted by molar-refractivity contribution is 5.57. The summed E-state index contributed by atoms with van der Waals surface area (Å²) >= 11 is 0. The number of aryl methyl sites for hydroxylation is 1. The summed E-state index contributed by atoms with van der Waals surface area (Å²) in [5.41, 5.74) is 1.07. The molecule has 5 nitrogen and oxygen atoms in total. The molecule has 1 unspecified atom stereocenters. The van der Waals surface area contributed by atoms with E-state index in [0.717, 1.165) is 55.6 Å². The molecule has 1 aromatic heterocycles. The predicted octanol–water partition coefficient (Wildman–Crippen LogP) is 3.01. The SMILES string of the molecule is CCCNc1nc(CC)nc(NCC(C)OCC)c1C. The van der Waals surface area contributed by atoms with Crippen LogP contribution in [0.1, 0.15) is 45.5 Å². The molecule has 1 atom stereocenters. The van der Waals surface area contributed by atoms with Gasteiger partial charge in [-0.05, 0) is 27.2 Å². The molecule has 0 bridgehead atoms. The van der Waals surface area contributed by atoms with E-state index >= 15 is 0 Å². The highest BCUT2D eigenvalue weighted by atomic mass is 16.5. The Morgan fingerprint density at radius 2 is 1.75 bits per heavy atom. The minimum atomic E-state index is 0.173. The van der Waals surface area contributed by atoms with Crippen LogP contribution in [0.25, 0.3) is 0 Å². The quantitative estimate of drug-likeness (QED) is 0.728. The van der Waals surface area contributed by atoms with Gasteiger partial charge < -0.3 is 15.4 Å². The van der Waals surface area contributed by atoms with E-state index in [9.17, 15) is 0 Å². The summed E-state index contributed by atoms with van der Waals surface area (Å²) in [5, 5.41) is 6.74. The molecule has 1 heterocycles. The third-order valence-electron chi connectivity index (χ3n) is 3.06. The monoisotopic (exact) mass is 280 g/mol. The Labute approximate surface area is 122 Å². The fourth-order valence-electron chi connectivity index (χ4n) is 1.89. The van der Waals surface area contributed by atoms with Crippen LogP contribution in [0.3, 0.4) is 0 Å². The summed E-state index contributed by atoms with van der Waals surface area (Å²) in [5.74, 6) is 2.70. The lowest BCUT2D eigenvalue weighted by atomic mass is 10.2. The number of nitrogens with zero attached hydrogens (tertiary/aromatic N) is 2. The molecular formula is C15H28N4O. The third kappa shape index (κ3) is 4.96. The van der Waals surface area contributed by atoms with Crippen molar-refractivity contribution in [3.63, 3.8) is 0 Å². The van der Waals surface area contributed by atoms with E-state index in [2.05, 4.69) is 41.4 Å². The Hall–Kier alpha value is -1.36. The van der Waals surface area contributed by atoms with Crippen molar-refractivity contribution in [2.75, 3.05) is 30.3 Å². The van der Waals surface area contributed by atoms with Gasteiger partial charge in [-0.3, -0.25) is 0 Å². The van der Waals surface area contributed by atoms with Crippen molar-refractivity contribution in [1.82, 2.24) is 9.97 Å². The molecule has 1 aromatic rings. The topological polar surface area (TPSA) is 59.1 Å². The van der Waals surface area contributed by atoms with Crippen LogP contribution in [0.2, 0.25) is 0 Å². The van der Waals surface area contributed by atoms with Crippen LogP contribution in [0.4, 0.5) is 11.6 Å². The minimum Gasteiger partial charge on any atom is -0.377 e. The molecule has 0 aliphatic carbocycles. The number of aromatic nitrogens is 2. The summed E-state index contributed by atoms with van der Waals surface area (Å²) in [6.45, 7) is 12.7. The van der Waals surface area contributed by atoms with Gasteiger partial charge in [0, 0.05) is 31.7 Å². The molecule has 0 amide bonds. The maximum absolute atomic E-state index is 5.53. The molecule has 114 valence electrons. The highest BCUT2D eigenvalue weighted by Crippen LogP contribution is 2.20. The molecule has 2 N–H and O–H groups in total. The van der Waals surface area contributed by atoms with Gasteiger partial charge in [0.15, 0.2) is 0 Å². The fourth-order valence-corrected chi connectivity index (χ4v) is 1.89. The number of hydrogen-bond donors (Lipinski definition) is 2. The first kappa shape index (κ1) is 16.7. The van der Waals surface area contributed by atoms with E-state index in [1.807, 2.05) is 13.8 Å². The number of rotatable bonds is 9. The standard InChI is InChI=1S/C15H28N4O/c1-6-9-16-14-12(5)15(19-13(7-2)18-14)17-10-11(4)20-8-3/h11H,6-10H2,1-5H3,(H2,16,17,18,19). The number of ether oxygens (including phenoxy) is 1. The summed E-state index contributed by atoms with van der Waals surface area (Å²) < 4.78 is 5.53. The second kappa shape index (κ2) is 8.74. The van der Waals surface area contributed by atoms with Gasteiger partial charge in [-0.25, -0.2) is 9.97 Å². The Morgan fingerprint density at radius 1 is 1.10 bits per heavy atom. The third-order valence-corrected chi connectivity index (χ3v) is 3.06. The molecule has 0 saturated carbocycles. The van der Waals surface area contributed by atoms with Crippen molar-refractivity contribution in [2.24, 2.45) is 0 Å². The summed E-state index contributed by atoms with van der Waals surface area (Å²) in [7, 11) is 0. The number of nitrogens with one attached hydrogen (secondary N) is 2. The van der Waals surface area contributed by atoms with Gasteiger partial charge in [0.05, 0.1) is 6.10 Å². The van der Waals surface area contributed by atoms with Crippen LogP contribution in [0.15, 0.2) is 0 Å². The minimum absolute atomic E-state index is 0.173. The van der Waals surface area contributed by atoms with Crippen molar-refractivity contribution in [2.45, 2.75) is 53.6 Å². The second-order valence-corrected chi connectivity index (χ2v) is 4.89. The normalized spacial score (nSPS) is 12.2. The van der Waals surface area contributed by atoms with Gasteiger partial charge in [-0.15, -0.1) is 0 Å². The van der Waals surface area contributed by atoms with Gasteiger partial charge in [0.1, 0.15) is 17.5 Å². The van der Waals surface area contributed by atoms with E-state index in [4.69, 9.17) is 4.74 Å². The van der Waals surface area contributed by atoms with Crippen molar-refractivity contribution in [1.29, 1.82) is 0 Å². The van der Waals surface area contributed by atoms with Crippen molar-refractivity contribution < 1.29 is 4.74 Å². The molecule has 0 aliphatic rings. The summed E-state index contributed by atoms with van der Waals surface area (Å²) in [6, 6.07) is 0. The van der Waals surface area contributed by atoms with Gasteiger partial charge in [-0.2, -0.15) is 0 Å². The molecule has 0 aromatic carbocycles. The molecular weight excluding hydrogens is 252 g/mol. The summed E-state index contributed by atoms with van der Waals surface area (Å²) in [6.07, 6.45) is 2.08. The number of anilines is 2. The van der Waals surface area contributed by atoms with E-state index in [1.165, 1.54) is 0 Å². The molecule has 0 fully saturated rings. The average molecular weight is 280 g/mol. The van der Waals surface area contributed by atoms with Crippen LogP contribution in [-0.4, -0.2) is 35.8 Å². The molecule has 5 heteroatoms. The highest BCUT2D eigenvalue weighted by Gasteiger charge is 2.10. The summed E-state index contributed by atoms with van der Waals surface area (Å²) in [4.78, 5) is 9.13. The van der Waals surface area contributed by atoms with E-state index in [-0.39, 0.29) is 6.10 Å². The lowest BCUT2D eigenvalue weighted by Crippen LogP contribution is -2.21. The predicted molar refractivity (Wildman–Crippen MR) is 84.5 cm³/mol. The maximum Gasteiger partial charge on any atom is 0.134 e. The molecule has 0 spiro atoms. The zero-order valence-corrected chi connectivity index (χ0v) is 13.4. The van der Waals surface area contributed by atoms with Crippen LogP contribution in [-0.2, 0) is 11.2 Å². The first-order chi connectivity index (χ1) is 9.62. The van der Waals surface area contributed by atoms with Crippen LogP contribution in [0, 0.1) is 6.92 Å². The lowest BCUT2D eigenvalue weighted by Gasteiger charge is -2.17. The van der Waals surface area contributed by atoms with E-state index in [0.29, 0.717) is 0 Å². The van der Waals surface area contributed by atoms with Gasteiger partial charge in [0.2, 0.25) is 0 Å². The number of hydrogen-bond acceptors (Lipinski definition) is 5. The second-order valence-electron chi connectivity index (χ2n) is 4.89. The van der Waals surface area contributed by atoms with Crippen LogP contribution < -0.4 is 10.6 Å². The van der Waals surface area contributed by atoms with Crippen LogP contribution >= 0.6 is 0 Å². The largest absolute Gasteiger partial charge is 0.377 e. The first-order valence-corrected chi connectivity index (χ1v) is 7.59. The van der Waals surface area contributed by atoms with Crippen LogP contribution in [0.5, 0.6) is 0 Å². The molecule has 0 aliphatic heterocycles. The Kier molecular flexibility index (Phi) is 7.30. The van der Waals surface area contributed by atoms with E-state index in [1.54, 1.807) is 0 Å². The lowest BCUT2D eigenvalue weighted by molar-refractivity contribution is 0.0854. The smallest absolute Gasteiger partial charge is 0.134 e. The zero-order valence-electron chi connectivity index (χ0n) is 13.4. The molecule has 1 rings (SSSR count). The van der Waals surface area contributed by atoms with Gasteiger partial charge >= 0.3 is 0 Å². The zero-order chi connectivity index (χ0) is 15.0. The Balaban J connectivity index is 2.82. The van der Waals surface area contributed by atoms with Gasteiger partial charge in [0.25, 0.3) is 0 Å². The maximum atomic E-state index is 5.53.